The van der Waals surface area contributed by atoms with E-state index in [1.54, 1.807) is 30.5 Å². The maximum Gasteiger partial charge on any atom is 0.161 e. The number of halogens is 1. The summed E-state index contributed by atoms with van der Waals surface area (Å²) in [5.41, 5.74) is 2.59. The van der Waals surface area contributed by atoms with E-state index >= 15 is 0 Å². The number of nitriles is 1. The molecule has 0 aliphatic heterocycles. The monoisotopic (exact) mass is 383 g/mol. The van der Waals surface area contributed by atoms with Crippen LogP contribution in [0.1, 0.15) is 5.01 Å². The van der Waals surface area contributed by atoms with Crippen molar-refractivity contribution in [1.29, 1.82) is 5.26 Å². The number of benzene rings is 2. The van der Waals surface area contributed by atoms with Crippen molar-refractivity contribution in [2.75, 3.05) is 12.4 Å². The Kier molecular flexibility index (Phi) is 5.42. The third kappa shape index (κ3) is 3.80. The molecule has 0 saturated heterocycles. The molecule has 0 bridgehead atoms. The Hall–Kier alpha value is -3.01. The zero-order valence-electron chi connectivity index (χ0n) is 13.7. The number of phenolic OH excluding ortho intramolecular Hbond substituents is 1. The summed E-state index contributed by atoms with van der Waals surface area (Å²) in [7, 11) is 1.49. The SMILES string of the molecule is COc1cc(-c2csc(/C(C#N)=C/Nc3ccccc3Cl)n2)ccc1O. The fraction of sp³-hybridized carbons (Fsp3) is 0.0526. The summed E-state index contributed by atoms with van der Waals surface area (Å²) in [6, 6.07) is 14.4. The second-order valence-electron chi connectivity index (χ2n) is 5.22. The highest BCUT2D eigenvalue weighted by Gasteiger charge is 2.11. The molecule has 26 heavy (non-hydrogen) atoms. The van der Waals surface area contributed by atoms with Gasteiger partial charge in [-0.25, -0.2) is 4.98 Å². The van der Waals surface area contributed by atoms with E-state index in [0.29, 0.717) is 32.7 Å². The van der Waals surface area contributed by atoms with Crippen LogP contribution in [0, 0.1) is 11.3 Å². The second kappa shape index (κ2) is 7.91. The highest BCUT2D eigenvalue weighted by Crippen LogP contribution is 2.33. The minimum Gasteiger partial charge on any atom is -0.504 e. The summed E-state index contributed by atoms with van der Waals surface area (Å²) in [6.45, 7) is 0. The van der Waals surface area contributed by atoms with Crippen LogP contribution in [-0.2, 0) is 0 Å². The average Bonchev–Trinajstić information content (AvgIpc) is 3.14. The largest absolute Gasteiger partial charge is 0.504 e. The van der Waals surface area contributed by atoms with Gasteiger partial charge >= 0.3 is 0 Å². The number of nitrogens with zero attached hydrogens (tertiary/aromatic N) is 2. The number of rotatable bonds is 5. The van der Waals surface area contributed by atoms with Crippen molar-refractivity contribution in [3.05, 3.63) is 64.1 Å². The van der Waals surface area contributed by atoms with E-state index in [2.05, 4.69) is 16.4 Å². The molecule has 2 N–H and O–H groups in total. The predicted molar refractivity (Wildman–Crippen MR) is 104 cm³/mol. The van der Waals surface area contributed by atoms with Crippen molar-refractivity contribution in [3.63, 3.8) is 0 Å². The normalized spacial score (nSPS) is 11.0. The summed E-state index contributed by atoms with van der Waals surface area (Å²) >= 11 is 7.46. The topological polar surface area (TPSA) is 78.2 Å². The zero-order chi connectivity index (χ0) is 18.5. The third-order valence-corrected chi connectivity index (χ3v) is 4.78. The molecular formula is C19H14ClN3O2S. The van der Waals surface area contributed by atoms with Gasteiger partial charge in [-0.15, -0.1) is 11.3 Å². The van der Waals surface area contributed by atoms with E-state index in [0.717, 1.165) is 5.56 Å². The number of hydrogen-bond acceptors (Lipinski definition) is 6. The molecule has 0 aliphatic rings. The fourth-order valence-electron chi connectivity index (χ4n) is 2.24. The van der Waals surface area contributed by atoms with E-state index in [-0.39, 0.29) is 5.75 Å². The standard InChI is InChI=1S/C19H14ClN3O2S/c1-25-18-8-12(6-7-17(18)24)16-11-26-19(23-16)13(9-21)10-22-15-5-3-2-4-14(15)20/h2-8,10-11,22,24H,1H3/b13-10+. The smallest absolute Gasteiger partial charge is 0.161 e. The number of para-hydroxylation sites is 1. The molecule has 5 nitrogen and oxygen atoms in total. The van der Waals surface area contributed by atoms with Crippen LogP contribution in [0.25, 0.3) is 16.8 Å². The molecule has 2 aromatic carbocycles. The lowest BCUT2D eigenvalue weighted by Crippen LogP contribution is -1.91. The lowest BCUT2D eigenvalue weighted by molar-refractivity contribution is 0.373. The number of hydrogen-bond donors (Lipinski definition) is 2. The number of aromatic hydroxyl groups is 1. The van der Waals surface area contributed by atoms with Crippen LogP contribution in [-0.4, -0.2) is 17.2 Å². The quantitative estimate of drug-likeness (QED) is 0.595. The molecule has 3 rings (SSSR count). The van der Waals surface area contributed by atoms with Crippen molar-refractivity contribution in [2.45, 2.75) is 0 Å². The Bertz CT molecular complexity index is 1010. The van der Waals surface area contributed by atoms with Gasteiger partial charge in [0.2, 0.25) is 0 Å². The van der Waals surface area contributed by atoms with E-state index in [4.69, 9.17) is 16.3 Å². The summed E-state index contributed by atoms with van der Waals surface area (Å²) in [5.74, 6) is 0.432. The Morgan fingerprint density at radius 2 is 2.15 bits per heavy atom. The van der Waals surface area contributed by atoms with Gasteiger partial charge in [0.25, 0.3) is 0 Å². The molecule has 0 saturated carbocycles. The molecule has 130 valence electrons. The highest BCUT2D eigenvalue weighted by molar-refractivity contribution is 7.11. The van der Waals surface area contributed by atoms with Crippen LogP contribution < -0.4 is 10.1 Å². The van der Waals surface area contributed by atoms with Crippen molar-refractivity contribution in [2.24, 2.45) is 0 Å². The molecule has 0 atom stereocenters. The maximum atomic E-state index is 9.70. The zero-order valence-corrected chi connectivity index (χ0v) is 15.3. The number of anilines is 1. The van der Waals surface area contributed by atoms with Crippen molar-refractivity contribution < 1.29 is 9.84 Å². The lowest BCUT2D eigenvalue weighted by atomic mass is 10.1. The van der Waals surface area contributed by atoms with Gasteiger partial charge < -0.3 is 15.2 Å². The Labute approximate surface area is 159 Å². The first-order chi connectivity index (χ1) is 12.6. The molecular weight excluding hydrogens is 370 g/mol. The number of ether oxygens (including phenoxy) is 1. The average molecular weight is 384 g/mol. The van der Waals surface area contributed by atoms with Crippen LogP contribution in [0.3, 0.4) is 0 Å². The van der Waals surface area contributed by atoms with Crippen molar-refractivity contribution in [1.82, 2.24) is 4.98 Å². The van der Waals surface area contributed by atoms with Crippen LogP contribution >= 0.6 is 22.9 Å². The van der Waals surface area contributed by atoms with E-state index in [1.807, 2.05) is 23.6 Å². The number of allylic oxidation sites excluding steroid dienone is 1. The Balaban J connectivity index is 1.87. The predicted octanol–water partition coefficient (Wildman–Crippen LogP) is 5.15. The maximum absolute atomic E-state index is 9.70. The molecule has 7 heteroatoms. The minimum absolute atomic E-state index is 0.0632. The molecule has 0 unspecified atom stereocenters. The molecule has 3 aromatic rings. The van der Waals surface area contributed by atoms with E-state index < -0.39 is 0 Å². The Morgan fingerprint density at radius 1 is 1.35 bits per heavy atom. The summed E-state index contributed by atoms with van der Waals surface area (Å²) in [4.78, 5) is 4.51. The van der Waals surface area contributed by atoms with Crippen LogP contribution in [0.5, 0.6) is 11.5 Å². The minimum atomic E-state index is 0.0632. The van der Waals surface area contributed by atoms with Crippen molar-refractivity contribution in [3.8, 4) is 28.8 Å². The first kappa shape index (κ1) is 17.8. The van der Waals surface area contributed by atoms with Gasteiger partial charge in [0.15, 0.2) is 11.5 Å². The number of nitrogens with one attached hydrogen (secondary N) is 1. The Morgan fingerprint density at radius 3 is 2.88 bits per heavy atom. The van der Waals surface area contributed by atoms with Crippen LogP contribution in [0.2, 0.25) is 5.02 Å². The van der Waals surface area contributed by atoms with Crippen LogP contribution in [0.4, 0.5) is 5.69 Å². The number of phenols is 1. The van der Waals surface area contributed by atoms with Gasteiger partial charge in [0.1, 0.15) is 16.6 Å². The number of aromatic nitrogens is 1. The second-order valence-corrected chi connectivity index (χ2v) is 6.48. The molecule has 0 fully saturated rings. The van der Waals surface area contributed by atoms with Crippen molar-refractivity contribution >= 4 is 34.2 Å². The van der Waals surface area contributed by atoms with Gasteiger partial charge in [0.05, 0.1) is 23.5 Å². The van der Waals surface area contributed by atoms with E-state index in [9.17, 15) is 10.4 Å². The van der Waals surface area contributed by atoms with Gasteiger partial charge in [-0.2, -0.15) is 5.26 Å². The van der Waals surface area contributed by atoms with Gasteiger partial charge in [0, 0.05) is 17.1 Å². The fourth-order valence-corrected chi connectivity index (χ4v) is 3.22. The molecule has 1 aromatic heterocycles. The molecule has 0 amide bonds. The van der Waals surface area contributed by atoms with E-state index in [1.165, 1.54) is 18.4 Å². The molecule has 0 radical (unpaired) electrons. The highest BCUT2D eigenvalue weighted by atomic mass is 35.5. The van der Waals surface area contributed by atoms with Gasteiger partial charge in [-0.05, 0) is 30.3 Å². The third-order valence-electron chi connectivity index (χ3n) is 3.58. The van der Waals surface area contributed by atoms with Gasteiger partial charge in [-0.3, -0.25) is 0 Å². The lowest BCUT2D eigenvalue weighted by Gasteiger charge is -2.05. The number of methoxy groups -OCH3 is 1. The first-order valence-corrected chi connectivity index (χ1v) is 8.82. The summed E-state index contributed by atoms with van der Waals surface area (Å²) < 4.78 is 5.12. The summed E-state index contributed by atoms with van der Waals surface area (Å²) in [6.07, 6.45) is 1.58. The number of thiazole rings is 1. The molecule has 1 heterocycles. The molecule has 0 aliphatic carbocycles. The molecule has 0 spiro atoms. The first-order valence-electron chi connectivity index (χ1n) is 7.57. The summed E-state index contributed by atoms with van der Waals surface area (Å²) in [5, 5.41) is 25.2. The van der Waals surface area contributed by atoms with Gasteiger partial charge in [-0.1, -0.05) is 23.7 Å². The van der Waals surface area contributed by atoms with Crippen LogP contribution in [0.15, 0.2) is 54.0 Å².